The predicted octanol–water partition coefficient (Wildman–Crippen LogP) is 5.38. The maximum atomic E-state index is 12.1. The molecule has 196 valence electrons. The molecule has 2 heterocycles. The number of hydrogen-bond donors (Lipinski definition) is 3. The zero-order valence-electron chi connectivity index (χ0n) is 21.6. The molecule has 7 heteroatoms. The Labute approximate surface area is 215 Å². The molecule has 7 nitrogen and oxygen atoms in total. The average Bonchev–Trinajstić information content (AvgIpc) is 2.87. The molecule has 0 saturated carbocycles. The molecule has 4 atom stereocenters. The van der Waals surface area contributed by atoms with Crippen molar-refractivity contribution in [2.45, 2.75) is 71.1 Å². The van der Waals surface area contributed by atoms with Crippen molar-refractivity contribution in [2.75, 3.05) is 31.5 Å². The van der Waals surface area contributed by atoms with Crippen molar-refractivity contribution in [3.8, 4) is 0 Å². The maximum Gasteiger partial charge on any atom is 0.319 e. The minimum absolute atomic E-state index is 0.00528. The molecule has 2 fully saturated rings. The summed E-state index contributed by atoms with van der Waals surface area (Å²) in [5.41, 5.74) is 3.55. The van der Waals surface area contributed by atoms with E-state index in [0.717, 1.165) is 36.3 Å². The molecule has 2 aromatic rings. The largest absolute Gasteiger partial charge is 0.392 e. The average molecular weight is 496 g/mol. The van der Waals surface area contributed by atoms with E-state index in [2.05, 4.69) is 34.6 Å². The molecule has 36 heavy (non-hydrogen) atoms. The zero-order valence-corrected chi connectivity index (χ0v) is 21.6. The van der Waals surface area contributed by atoms with Gasteiger partial charge in [0.2, 0.25) is 0 Å². The van der Waals surface area contributed by atoms with Gasteiger partial charge in [-0.25, -0.2) is 4.79 Å². The van der Waals surface area contributed by atoms with Crippen molar-refractivity contribution >= 4 is 11.7 Å². The molecule has 1 unspecified atom stereocenters. The van der Waals surface area contributed by atoms with Crippen molar-refractivity contribution in [1.82, 2.24) is 10.2 Å². The Balaban J connectivity index is 1.57. The van der Waals surface area contributed by atoms with Crippen molar-refractivity contribution < 1.29 is 19.4 Å². The minimum Gasteiger partial charge on any atom is -0.392 e. The van der Waals surface area contributed by atoms with Gasteiger partial charge in [0.05, 0.1) is 18.8 Å². The first-order valence-electron chi connectivity index (χ1n) is 13.4. The summed E-state index contributed by atoms with van der Waals surface area (Å²) in [6.45, 7) is 7.79. The third-order valence-corrected chi connectivity index (χ3v) is 7.26. The number of likely N-dealkylation sites (tertiary alicyclic amines) is 1. The number of aliphatic hydroxyl groups is 1. The third-order valence-electron chi connectivity index (χ3n) is 7.26. The topological polar surface area (TPSA) is 83.1 Å². The number of amides is 2. The monoisotopic (exact) mass is 495 g/mol. The van der Waals surface area contributed by atoms with Crippen LogP contribution in [0, 0.1) is 5.92 Å². The summed E-state index contributed by atoms with van der Waals surface area (Å²) in [5, 5.41) is 15.1. The van der Waals surface area contributed by atoms with E-state index in [9.17, 15) is 9.90 Å². The van der Waals surface area contributed by atoms with Crippen LogP contribution in [0.5, 0.6) is 0 Å². The number of aliphatic hydroxyl groups excluding tert-OH is 1. The third kappa shape index (κ3) is 7.07. The first-order chi connectivity index (χ1) is 17.6. The van der Waals surface area contributed by atoms with Crippen LogP contribution >= 0.6 is 0 Å². The molecular formula is C29H41N3O4. The molecule has 3 N–H and O–H groups in total. The minimum atomic E-state index is -0.542. The molecule has 4 rings (SSSR count). The van der Waals surface area contributed by atoms with Gasteiger partial charge in [-0.3, -0.25) is 0 Å². The fourth-order valence-corrected chi connectivity index (χ4v) is 5.18. The van der Waals surface area contributed by atoms with Gasteiger partial charge in [-0.15, -0.1) is 0 Å². The second kappa shape index (κ2) is 13.2. The van der Waals surface area contributed by atoms with Gasteiger partial charge < -0.3 is 30.1 Å². The van der Waals surface area contributed by atoms with Crippen molar-refractivity contribution in [2.24, 2.45) is 5.92 Å². The lowest BCUT2D eigenvalue weighted by Crippen LogP contribution is -2.45. The molecule has 2 aromatic carbocycles. The van der Waals surface area contributed by atoms with Crippen molar-refractivity contribution in [1.29, 1.82) is 0 Å². The summed E-state index contributed by atoms with van der Waals surface area (Å²) in [4.78, 5) is 14.6. The number of rotatable bonds is 7. The van der Waals surface area contributed by atoms with E-state index < -0.39 is 6.29 Å². The van der Waals surface area contributed by atoms with Gasteiger partial charge in [-0.2, -0.15) is 0 Å². The van der Waals surface area contributed by atoms with Crippen LogP contribution in [0.2, 0.25) is 0 Å². The number of urea groups is 1. The molecule has 2 amide bonds. The van der Waals surface area contributed by atoms with Crippen LogP contribution in [0.15, 0.2) is 48.5 Å². The Hall–Kier alpha value is -2.45. The van der Waals surface area contributed by atoms with Crippen LogP contribution in [-0.4, -0.2) is 48.3 Å². The fraction of sp³-hybridized carbons (Fsp3) is 0.552. The van der Waals surface area contributed by atoms with Gasteiger partial charge in [0.1, 0.15) is 0 Å². The number of benzene rings is 2. The molecule has 0 aromatic heterocycles. The van der Waals surface area contributed by atoms with Crippen LogP contribution in [0.3, 0.4) is 0 Å². The molecule has 2 aliphatic rings. The Morgan fingerprint density at radius 3 is 2.42 bits per heavy atom. The zero-order chi connectivity index (χ0) is 25.3. The summed E-state index contributed by atoms with van der Waals surface area (Å²) < 4.78 is 13.2. The molecule has 0 radical (unpaired) electrons. The van der Waals surface area contributed by atoms with E-state index in [1.54, 1.807) is 0 Å². The summed E-state index contributed by atoms with van der Waals surface area (Å²) in [7, 11) is 0. The Kier molecular flexibility index (Phi) is 9.75. The first-order valence-corrected chi connectivity index (χ1v) is 13.4. The molecule has 0 spiro atoms. The highest BCUT2D eigenvalue weighted by atomic mass is 16.7. The highest BCUT2D eigenvalue weighted by molar-refractivity contribution is 5.89. The van der Waals surface area contributed by atoms with E-state index in [-0.39, 0.29) is 30.8 Å². The predicted molar refractivity (Wildman–Crippen MR) is 142 cm³/mol. The standard InChI is InChI=1S/C29H41N3O4/c1-3-30-29(34)31-25-11-9-10-24(18-25)28-35-26(19-32-16-7-5-4-6-8-17-32)21(2)27(36-28)23-14-12-22(20-33)13-15-23/h9-15,18,21,26-28,33H,3-8,16-17,19-20H2,1-2H3,(H2,30,31,34)/t21-,26+,27+,28?/m0/s1. The first kappa shape index (κ1) is 26.6. The Bertz CT molecular complexity index is 959. The summed E-state index contributed by atoms with van der Waals surface area (Å²) in [5.74, 6) is 0.156. The van der Waals surface area contributed by atoms with E-state index >= 15 is 0 Å². The van der Waals surface area contributed by atoms with Gasteiger partial charge in [-0.05, 0) is 56.1 Å². The number of ether oxygens (including phenoxy) is 2. The van der Waals surface area contributed by atoms with Gasteiger partial charge in [0.25, 0.3) is 0 Å². The lowest BCUT2D eigenvalue weighted by atomic mass is 9.89. The second-order valence-electron chi connectivity index (χ2n) is 10.0. The van der Waals surface area contributed by atoms with E-state index in [0.29, 0.717) is 12.2 Å². The second-order valence-corrected chi connectivity index (χ2v) is 10.0. The van der Waals surface area contributed by atoms with Crippen molar-refractivity contribution in [3.63, 3.8) is 0 Å². The van der Waals surface area contributed by atoms with Gasteiger partial charge in [-0.1, -0.05) is 62.6 Å². The smallest absolute Gasteiger partial charge is 0.319 e. The quantitative estimate of drug-likeness (QED) is 0.481. The van der Waals surface area contributed by atoms with Crippen molar-refractivity contribution in [3.05, 3.63) is 65.2 Å². The lowest BCUT2D eigenvalue weighted by Gasteiger charge is -2.43. The Morgan fingerprint density at radius 1 is 1.00 bits per heavy atom. The van der Waals surface area contributed by atoms with Crippen LogP contribution in [0.25, 0.3) is 0 Å². The van der Waals surface area contributed by atoms with Gasteiger partial charge in [0, 0.05) is 30.3 Å². The molecule has 2 saturated heterocycles. The van der Waals surface area contributed by atoms with E-state index in [1.807, 2.05) is 43.3 Å². The number of hydrogen-bond acceptors (Lipinski definition) is 5. The van der Waals surface area contributed by atoms with E-state index in [4.69, 9.17) is 9.47 Å². The molecule has 0 bridgehead atoms. The molecular weight excluding hydrogens is 454 g/mol. The number of carbonyl (C=O) groups excluding carboxylic acids is 1. The summed E-state index contributed by atoms with van der Waals surface area (Å²) in [6.07, 6.45) is 5.73. The van der Waals surface area contributed by atoms with Crippen LogP contribution in [-0.2, 0) is 16.1 Å². The number of nitrogens with zero attached hydrogens (tertiary/aromatic N) is 1. The molecule has 2 aliphatic heterocycles. The fourth-order valence-electron chi connectivity index (χ4n) is 5.18. The summed E-state index contributed by atoms with van der Waals surface area (Å²) in [6, 6.07) is 15.5. The van der Waals surface area contributed by atoms with Crippen LogP contribution in [0.4, 0.5) is 10.5 Å². The lowest BCUT2D eigenvalue weighted by molar-refractivity contribution is -0.276. The van der Waals surface area contributed by atoms with Gasteiger partial charge in [0.15, 0.2) is 6.29 Å². The maximum absolute atomic E-state index is 12.1. The SMILES string of the molecule is CCNC(=O)Nc1cccc(C2O[C@H](CN3CCCCCCC3)[C@H](C)[C@H](c3ccc(CO)cc3)O2)c1. The molecule has 0 aliphatic carbocycles. The normalized spacial score (nSPS) is 25.5. The number of carbonyl (C=O) groups is 1. The Morgan fingerprint density at radius 2 is 1.72 bits per heavy atom. The number of nitrogens with one attached hydrogen (secondary N) is 2. The highest BCUT2D eigenvalue weighted by Crippen LogP contribution is 2.42. The van der Waals surface area contributed by atoms with E-state index in [1.165, 1.54) is 32.1 Å². The number of anilines is 1. The van der Waals surface area contributed by atoms with Crippen LogP contribution in [0.1, 0.15) is 75.0 Å². The summed E-state index contributed by atoms with van der Waals surface area (Å²) >= 11 is 0. The van der Waals surface area contributed by atoms with Crippen LogP contribution < -0.4 is 10.6 Å². The van der Waals surface area contributed by atoms with Gasteiger partial charge >= 0.3 is 6.03 Å². The highest BCUT2D eigenvalue weighted by Gasteiger charge is 2.39.